The predicted octanol–water partition coefficient (Wildman–Crippen LogP) is 1.90. The van der Waals surface area contributed by atoms with Crippen molar-refractivity contribution in [3.8, 4) is 0 Å². The Morgan fingerprint density at radius 1 is 1.35 bits per heavy atom. The number of hydrogen-bond acceptors (Lipinski definition) is 2. The monoisotopic (exact) mass is 273 g/mol. The van der Waals surface area contributed by atoms with Gasteiger partial charge in [0.15, 0.2) is 0 Å². The zero-order chi connectivity index (χ0) is 14.5. The van der Waals surface area contributed by atoms with Gasteiger partial charge in [-0.15, -0.1) is 0 Å². The van der Waals surface area contributed by atoms with E-state index in [-0.39, 0.29) is 17.7 Å². The highest BCUT2D eigenvalue weighted by molar-refractivity contribution is 5.88. The van der Waals surface area contributed by atoms with E-state index < -0.39 is 11.4 Å². The number of carboxylic acids is 1. The van der Waals surface area contributed by atoms with E-state index in [1.54, 1.807) is 11.8 Å². The van der Waals surface area contributed by atoms with Gasteiger partial charge in [-0.25, -0.2) is 0 Å². The Labute approximate surface area is 118 Å². The van der Waals surface area contributed by atoms with Gasteiger partial charge in [-0.1, -0.05) is 31.2 Å². The Balaban J connectivity index is 1.77. The highest BCUT2D eigenvalue weighted by Gasteiger charge is 2.49. The molecule has 3 rings (SSSR count). The van der Waals surface area contributed by atoms with Crippen molar-refractivity contribution in [2.24, 2.45) is 11.3 Å². The first-order valence-corrected chi connectivity index (χ1v) is 7.03. The minimum absolute atomic E-state index is 0.0146. The standard InChI is InChI=1S/C16H19NO3/c1-10-8-17(9-16(10,2)15(19)20)14(18)13-7-11-5-3-4-6-12(11)13/h3-6,10,13H,7-9H2,1-2H3,(H,19,20)/t10-,13?,16-/m1/s1. The van der Waals surface area contributed by atoms with Crippen LogP contribution in [0.5, 0.6) is 0 Å². The lowest BCUT2D eigenvalue weighted by Crippen LogP contribution is -2.40. The summed E-state index contributed by atoms with van der Waals surface area (Å²) < 4.78 is 0. The number of carbonyl (C=O) groups is 2. The summed E-state index contributed by atoms with van der Waals surface area (Å²) >= 11 is 0. The van der Waals surface area contributed by atoms with Crippen molar-refractivity contribution in [1.29, 1.82) is 0 Å². The Bertz CT molecular complexity index is 583. The van der Waals surface area contributed by atoms with Crippen LogP contribution in [0.15, 0.2) is 24.3 Å². The quantitative estimate of drug-likeness (QED) is 0.895. The number of amides is 1. The summed E-state index contributed by atoms with van der Waals surface area (Å²) in [7, 11) is 0. The molecule has 0 spiro atoms. The van der Waals surface area contributed by atoms with Crippen molar-refractivity contribution in [3.63, 3.8) is 0 Å². The maximum atomic E-state index is 12.6. The molecule has 1 aromatic carbocycles. The second-order valence-corrected chi connectivity index (χ2v) is 6.30. The van der Waals surface area contributed by atoms with Gasteiger partial charge in [0.05, 0.1) is 11.3 Å². The van der Waals surface area contributed by atoms with E-state index in [4.69, 9.17) is 0 Å². The van der Waals surface area contributed by atoms with E-state index in [9.17, 15) is 14.7 Å². The number of hydrogen-bond donors (Lipinski definition) is 1. The lowest BCUT2D eigenvalue weighted by molar-refractivity contribution is -0.149. The van der Waals surface area contributed by atoms with Gasteiger partial charge >= 0.3 is 5.97 Å². The second-order valence-electron chi connectivity index (χ2n) is 6.30. The van der Waals surface area contributed by atoms with Crippen LogP contribution >= 0.6 is 0 Å². The number of benzene rings is 1. The highest BCUT2D eigenvalue weighted by Crippen LogP contribution is 2.41. The third kappa shape index (κ3) is 1.74. The van der Waals surface area contributed by atoms with Crippen molar-refractivity contribution < 1.29 is 14.7 Å². The smallest absolute Gasteiger partial charge is 0.311 e. The van der Waals surface area contributed by atoms with Crippen LogP contribution in [0.3, 0.4) is 0 Å². The van der Waals surface area contributed by atoms with Crippen LogP contribution in [0.4, 0.5) is 0 Å². The van der Waals surface area contributed by atoms with Gasteiger partial charge in [-0.05, 0) is 30.4 Å². The number of nitrogens with zero attached hydrogens (tertiary/aromatic N) is 1. The zero-order valence-electron chi connectivity index (χ0n) is 11.8. The maximum absolute atomic E-state index is 12.6. The zero-order valence-corrected chi connectivity index (χ0v) is 11.8. The SMILES string of the molecule is C[C@@H]1CN(C(=O)C2Cc3ccccc32)C[C@@]1(C)C(=O)O. The molecule has 1 aliphatic carbocycles. The van der Waals surface area contributed by atoms with Crippen molar-refractivity contribution in [2.75, 3.05) is 13.1 Å². The molecule has 0 saturated carbocycles. The summed E-state index contributed by atoms with van der Waals surface area (Å²) in [6.07, 6.45) is 0.781. The van der Waals surface area contributed by atoms with Crippen molar-refractivity contribution in [1.82, 2.24) is 4.90 Å². The van der Waals surface area contributed by atoms with E-state index in [0.717, 1.165) is 12.0 Å². The fraction of sp³-hybridized carbons (Fsp3) is 0.500. The number of rotatable bonds is 2. The van der Waals surface area contributed by atoms with E-state index in [1.165, 1.54) is 5.56 Å². The Hall–Kier alpha value is -1.84. The van der Waals surface area contributed by atoms with E-state index >= 15 is 0 Å². The first-order chi connectivity index (χ1) is 9.43. The summed E-state index contributed by atoms with van der Waals surface area (Å²) in [5.74, 6) is -0.816. The average molecular weight is 273 g/mol. The molecule has 1 amide bonds. The average Bonchev–Trinajstić information content (AvgIpc) is 2.69. The fourth-order valence-corrected chi connectivity index (χ4v) is 3.29. The van der Waals surface area contributed by atoms with E-state index in [2.05, 4.69) is 0 Å². The third-order valence-corrected chi connectivity index (χ3v) is 5.05. The summed E-state index contributed by atoms with van der Waals surface area (Å²) in [5.41, 5.74) is 1.52. The van der Waals surface area contributed by atoms with E-state index in [1.807, 2.05) is 31.2 Å². The molecular weight excluding hydrogens is 254 g/mol. The first kappa shape index (κ1) is 13.2. The molecule has 3 atom stereocenters. The van der Waals surface area contributed by atoms with E-state index in [0.29, 0.717) is 13.1 Å². The molecule has 1 saturated heterocycles. The molecular formula is C16H19NO3. The topological polar surface area (TPSA) is 57.6 Å². The third-order valence-electron chi connectivity index (χ3n) is 5.05. The largest absolute Gasteiger partial charge is 0.481 e. The molecule has 1 heterocycles. The number of likely N-dealkylation sites (tertiary alicyclic amines) is 1. The fourth-order valence-electron chi connectivity index (χ4n) is 3.29. The highest BCUT2D eigenvalue weighted by atomic mass is 16.4. The minimum Gasteiger partial charge on any atom is -0.481 e. The Kier molecular flexibility index (Phi) is 2.85. The van der Waals surface area contributed by atoms with Crippen molar-refractivity contribution >= 4 is 11.9 Å². The van der Waals surface area contributed by atoms with Gasteiger partial charge in [0.25, 0.3) is 0 Å². The molecule has 4 heteroatoms. The Morgan fingerprint density at radius 2 is 2.05 bits per heavy atom. The van der Waals surface area contributed by atoms with Crippen LogP contribution in [0.25, 0.3) is 0 Å². The second kappa shape index (κ2) is 4.33. The maximum Gasteiger partial charge on any atom is 0.311 e. The van der Waals surface area contributed by atoms with Gasteiger partial charge in [-0.3, -0.25) is 9.59 Å². The first-order valence-electron chi connectivity index (χ1n) is 7.03. The molecule has 4 nitrogen and oxygen atoms in total. The van der Waals surface area contributed by atoms with Crippen molar-refractivity contribution in [3.05, 3.63) is 35.4 Å². The predicted molar refractivity (Wildman–Crippen MR) is 74.4 cm³/mol. The van der Waals surface area contributed by atoms with Crippen LogP contribution in [0.1, 0.15) is 30.9 Å². The molecule has 106 valence electrons. The minimum atomic E-state index is -0.821. The molecule has 1 fully saturated rings. The summed E-state index contributed by atoms with van der Waals surface area (Å²) in [6, 6.07) is 7.98. The molecule has 20 heavy (non-hydrogen) atoms. The Morgan fingerprint density at radius 3 is 2.65 bits per heavy atom. The van der Waals surface area contributed by atoms with Crippen LogP contribution in [-0.4, -0.2) is 35.0 Å². The summed E-state index contributed by atoms with van der Waals surface area (Å²) in [6.45, 7) is 4.51. The van der Waals surface area contributed by atoms with Crippen molar-refractivity contribution in [2.45, 2.75) is 26.2 Å². The van der Waals surface area contributed by atoms with Gasteiger partial charge < -0.3 is 10.0 Å². The number of carboxylic acid groups (broad SMARTS) is 1. The van der Waals surface area contributed by atoms with Crippen LogP contribution in [0.2, 0.25) is 0 Å². The molecule has 0 radical (unpaired) electrons. The molecule has 1 N–H and O–H groups in total. The summed E-state index contributed by atoms with van der Waals surface area (Å²) in [5, 5.41) is 9.37. The normalized spacial score (nSPS) is 31.6. The van der Waals surface area contributed by atoms with Crippen LogP contribution in [0, 0.1) is 11.3 Å². The molecule has 2 aliphatic rings. The number of carbonyl (C=O) groups excluding carboxylic acids is 1. The summed E-state index contributed by atoms with van der Waals surface area (Å²) in [4.78, 5) is 25.7. The lowest BCUT2D eigenvalue weighted by atomic mass is 9.77. The molecule has 1 unspecified atom stereocenters. The lowest BCUT2D eigenvalue weighted by Gasteiger charge is -2.32. The molecule has 1 aromatic rings. The van der Waals surface area contributed by atoms with Gasteiger partial charge in [0, 0.05) is 13.1 Å². The number of fused-ring (bicyclic) bond motifs is 1. The van der Waals surface area contributed by atoms with Gasteiger partial charge in [-0.2, -0.15) is 0 Å². The number of aliphatic carboxylic acids is 1. The molecule has 0 bridgehead atoms. The van der Waals surface area contributed by atoms with Crippen LogP contribution in [-0.2, 0) is 16.0 Å². The van der Waals surface area contributed by atoms with Crippen LogP contribution < -0.4 is 0 Å². The molecule has 0 aromatic heterocycles. The molecule has 1 aliphatic heterocycles. The van der Waals surface area contributed by atoms with Gasteiger partial charge in [0.2, 0.25) is 5.91 Å². The van der Waals surface area contributed by atoms with Gasteiger partial charge in [0.1, 0.15) is 0 Å².